The summed E-state index contributed by atoms with van der Waals surface area (Å²) < 4.78 is 2.11. The highest BCUT2D eigenvalue weighted by Gasteiger charge is 2.37. The molecule has 1 aromatic heterocycles. The lowest BCUT2D eigenvalue weighted by Gasteiger charge is -2.25. The Morgan fingerprint density at radius 3 is 2.92 bits per heavy atom. The molecule has 2 saturated heterocycles. The lowest BCUT2D eigenvalue weighted by molar-refractivity contribution is -0.130. The summed E-state index contributed by atoms with van der Waals surface area (Å²) in [5.74, 6) is 7.02. The van der Waals surface area contributed by atoms with Crippen LogP contribution in [0.1, 0.15) is 37.7 Å². The summed E-state index contributed by atoms with van der Waals surface area (Å²) in [4.78, 5) is 14.5. The van der Waals surface area contributed by atoms with Crippen molar-refractivity contribution < 1.29 is 4.79 Å². The highest BCUT2D eigenvalue weighted by Crippen LogP contribution is 2.28. The average molecular weight is 349 g/mol. The quantitative estimate of drug-likeness (QED) is 0.847. The summed E-state index contributed by atoms with van der Waals surface area (Å²) in [5.41, 5.74) is 2.23. The number of fused-ring (bicyclic) bond motifs is 1. The van der Waals surface area contributed by atoms with Crippen molar-refractivity contribution in [1.82, 2.24) is 14.8 Å². The van der Waals surface area contributed by atoms with E-state index in [4.69, 9.17) is 0 Å². The molecular weight excluding hydrogens is 322 g/mol. The Morgan fingerprint density at radius 2 is 2.12 bits per heavy atom. The SMILES string of the molecule is CN1C(=O)C(CC2CCCCN2)CC1C#Cc1ccc2c(ccn2C)c1. The van der Waals surface area contributed by atoms with Crippen LogP contribution in [0.25, 0.3) is 10.9 Å². The third-order valence-electron chi connectivity index (χ3n) is 5.92. The highest BCUT2D eigenvalue weighted by molar-refractivity contribution is 5.83. The number of rotatable bonds is 2. The zero-order chi connectivity index (χ0) is 18.1. The maximum atomic E-state index is 12.6. The Kier molecular flexibility index (Phi) is 4.74. The van der Waals surface area contributed by atoms with Gasteiger partial charge in [-0.3, -0.25) is 4.79 Å². The van der Waals surface area contributed by atoms with Gasteiger partial charge in [0.2, 0.25) is 5.91 Å². The number of nitrogens with one attached hydrogen (secondary N) is 1. The van der Waals surface area contributed by atoms with Crippen LogP contribution in [0.5, 0.6) is 0 Å². The van der Waals surface area contributed by atoms with Gasteiger partial charge in [0.05, 0.1) is 6.04 Å². The first-order valence-electron chi connectivity index (χ1n) is 9.68. The van der Waals surface area contributed by atoms with Crippen LogP contribution in [-0.2, 0) is 11.8 Å². The zero-order valence-corrected chi connectivity index (χ0v) is 15.7. The minimum Gasteiger partial charge on any atom is -0.351 e. The number of aryl methyl sites for hydroxylation is 1. The lowest BCUT2D eigenvalue weighted by Crippen LogP contribution is -2.37. The molecular formula is C22H27N3O. The van der Waals surface area contributed by atoms with Crippen molar-refractivity contribution in [2.45, 2.75) is 44.2 Å². The molecule has 26 heavy (non-hydrogen) atoms. The van der Waals surface area contributed by atoms with Crippen molar-refractivity contribution in [3.8, 4) is 11.8 Å². The molecule has 2 fully saturated rings. The first kappa shape index (κ1) is 17.2. The molecule has 0 saturated carbocycles. The van der Waals surface area contributed by atoms with Crippen molar-refractivity contribution in [2.75, 3.05) is 13.6 Å². The van der Waals surface area contributed by atoms with E-state index in [1.807, 2.05) is 19.0 Å². The molecule has 3 heterocycles. The molecule has 0 spiro atoms. The minimum absolute atomic E-state index is 0.0301. The van der Waals surface area contributed by atoms with Gasteiger partial charge in [0.25, 0.3) is 0 Å². The number of hydrogen-bond donors (Lipinski definition) is 1. The number of amides is 1. The zero-order valence-electron chi connectivity index (χ0n) is 15.7. The Hall–Kier alpha value is -2.25. The second kappa shape index (κ2) is 7.17. The third-order valence-corrected chi connectivity index (χ3v) is 5.92. The standard InChI is InChI=1S/C22H27N3O/c1-24-12-10-17-13-16(7-9-21(17)24)6-8-20-15-18(22(26)25(20)2)14-19-5-3-4-11-23-19/h7,9-10,12-13,18-20,23H,3-5,11,14-15H2,1-2H3. The van der Waals surface area contributed by atoms with E-state index in [1.54, 1.807) is 0 Å². The number of carbonyl (C=O) groups is 1. The van der Waals surface area contributed by atoms with Gasteiger partial charge in [0, 0.05) is 48.7 Å². The number of likely N-dealkylation sites (tertiary alicyclic amines) is 1. The molecule has 3 atom stereocenters. The van der Waals surface area contributed by atoms with E-state index in [1.165, 1.54) is 30.2 Å². The molecule has 4 heteroatoms. The molecule has 4 rings (SSSR count). The summed E-state index contributed by atoms with van der Waals surface area (Å²) in [5, 5.41) is 4.77. The van der Waals surface area contributed by atoms with Crippen LogP contribution in [0.3, 0.4) is 0 Å². The number of nitrogens with zero attached hydrogens (tertiary/aromatic N) is 2. The van der Waals surface area contributed by atoms with E-state index in [0.717, 1.165) is 24.9 Å². The van der Waals surface area contributed by atoms with E-state index < -0.39 is 0 Å². The lowest BCUT2D eigenvalue weighted by atomic mass is 9.92. The molecule has 2 aliphatic heterocycles. The van der Waals surface area contributed by atoms with Gasteiger partial charge in [-0.15, -0.1) is 0 Å². The molecule has 0 bridgehead atoms. The van der Waals surface area contributed by atoms with E-state index >= 15 is 0 Å². The molecule has 136 valence electrons. The smallest absolute Gasteiger partial charge is 0.226 e. The number of carbonyl (C=O) groups excluding carboxylic acids is 1. The van der Waals surface area contributed by atoms with Gasteiger partial charge in [0.1, 0.15) is 0 Å². The van der Waals surface area contributed by atoms with Crippen molar-refractivity contribution in [1.29, 1.82) is 0 Å². The molecule has 1 aromatic carbocycles. The normalized spacial score (nSPS) is 26.2. The molecule has 1 amide bonds. The van der Waals surface area contributed by atoms with Crippen LogP contribution >= 0.6 is 0 Å². The maximum Gasteiger partial charge on any atom is 0.226 e. The summed E-state index contributed by atoms with van der Waals surface area (Å²) in [7, 11) is 3.95. The molecule has 3 unspecified atom stereocenters. The van der Waals surface area contributed by atoms with E-state index in [0.29, 0.717) is 6.04 Å². The monoisotopic (exact) mass is 349 g/mol. The summed E-state index contributed by atoms with van der Waals surface area (Å²) in [6.07, 6.45) is 7.61. The van der Waals surface area contributed by atoms with Gasteiger partial charge in [-0.1, -0.05) is 18.3 Å². The van der Waals surface area contributed by atoms with Crippen molar-refractivity contribution in [3.63, 3.8) is 0 Å². The molecule has 2 aromatic rings. The van der Waals surface area contributed by atoms with Crippen LogP contribution in [0.2, 0.25) is 0 Å². The van der Waals surface area contributed by atoms with Gasteiger partial charge in [-0.05, 0) is 56.5 Å². The highest BCUT2D eigenvalue weighted by atomic mass is 16.2. The predicted octanol–water partition coefficient (Wildman–Crippen LogP) is 2.91. The van der Waals surface area contributed by atoms with E-state index in [2.05, 4.69) is 52.2 Å². The van der Waals surface area contributed by atoms with Crippen LogP contribution in [-0.4, -0.2) is 41.1 Å². The second-order valence-electron chi connectivity index (χ2n) is 7.75. The second-order valence-corrected chi connectivity index (χ2v) is 7.75. The Bertz CT molecular complexity index is 866. The van der Waals surface area contributed by atoms with Crippen molar-refractivity contribution >= 4 is 16.8 Å². The fraction of sp³-hybridized carbons (Fsp3) is 0.500. The fourth-order valence-electron chi connectivity index (χ4n) is 4.32. The van der Waals surface area contributed by atoms with Gasteiger partial charge >= 0.3 is 0 Å². The Balaban J connectivity index is 1.45. The van der Waals surface area contributed by atoms with Gasteiger partial charge < -0.3 is 14.8 Å². The third kappa shape index (κ3) is 3.37. The van der Waals surface area contributed by atoms with Gasteiger partial charge in [0.15, 0.2) is 0 Å². The van der Waals surface area contributed by atoms with Gasteiger partial charge in [-0.2, -0.15) is 0 Å². The molecule has 2 aliphatic rings. The maximum absolute atomic E-state index is 12.6. The topological polar surface area (TPSA) is 37.3 Å². The van der Waals surface area contributed by atoms with E-state index in [-0.39, 0.29) is 17.9 Å². The summed E-state index contributed by atoms with van der Waals surface area (Å²) in [6, 6.07) is 8.94. The fourth-order valence-corrected chi connectivity index (χ4v) is 4.32. The molecule has 1 N–H and O–H groups in total. The van der Waals surface area contributed by atoms with Gasteiger partial charge in [-0.25, -0.2) is 0 Å². The van der Waals surface area contributed by atoms with E-state index in [9.17, 15) is 4.79 Å². The first-order valence-corrected chi connectivity index (χ1v) is 9.68. The first-order chi connectivity index (χ1) is 12.6. The van der Waals surface area contributed by atoms with Crippen LogP contribution < -0.4 is 5.32 Å². The van der Waals surface area contributed by atoms with Crippen molar-refractivity contribution in [3.05, 3.63) is 36.0 Å². The summed E-state index contributed by atoms with van der Waals surface area (Å²) in [6.45, 7) is 1.09. The number of hydrogen-bond acceptors (Lipinski definition) is 2. The molecule has 4 nitrogen and oxygen atoms in total. The number of piperidine rings is 1. The van der Waals surface area contributed by atoms with Crippen LogP contribution in [0.4, 0.5) is 0 Å². The summed E-state index contributed by atoms with van der Waals surface area (Å²) >= 11 is 0. The van der Waals surface area contributed by atoms with Crippen molar-refractivity contribution in [2.24, 2.45) is 13.0 Å². The Morgan fingerprint density at radius 1 is 1.23 bits per heavy atom. The largest absolute Gasteiger partial charge is 0.351 e. The molecule has 0 radical (unpaired) electrons. The average Bonchev–Trinajstić information content (AvgIpc) is 3.16. The predicted molar refractivity (Wildman–Crippen MR) is 105 cm³/mol. The Labute approximate surface area is 155 Å². The molecule has 0 aliphatic carbocycles. The minimum atomic E-state index is 0.0301. The number of benzene rings is 1. The van der Waals surface area contributed by atoms with Crippen LogP contribution in [0.15, 0.2) is 30.5 Å². The van der Waals surface area contributed by atoms with Crippen LogP contribution in [0, 0.1) is 17.8 Å². The number of aromatic nitrogens is 1.